The Labute approximate surface area is 387 Å². The fraction of sp³-hybridized carbons (Fsp3) is 0.842. The van der Waals surface area contributed by atoms with Gasteiger partial charge in [0.15, 0.2) is 0 Å². The molecule has 0 aromatic rings. The normalized spacial score (nSPS) is 13.7. The highest BCUT2D eigenvalue weighted by Crippen LogP contribution is 2.16. The Kier molecular flexibility index (Phi) is 50.5. The zero-order valence-corrected chi connectivity index (χ0v) is 41.5. The predicted octanol–water partition coefficient (Wildman–Crippen LogP) is 16.8. The standard InChI is InChI=1S/C57H107NO4/c1-3-5-7-9-11-13-15-17-19-21-23-25-27-28-29-30-32-34-36-38-40-42-44-46-48-50-54(60)52-57(62)58-55(53-59)56(61)51-49-47-45-43-41-39-37-35-33-31-26-24-22-20-18-16-14-12-10-8-6-4-2/h28-29,33,35,41,43,49,51,54-56,59-61H,3-27,30-32,34,36-40,42,44-48,50,52-53H2,1-2H3,(H,58,62)/b29-28-,35-33+,43-41+,51-49+. The maximum Gasteiger partial charge on any atom is 0.222 e. The number of carbonyl (C=O) groups is 1. The molecule has 0 aliphatic heterocycles. The average molecular weight is 870 g/mol. The van der Waals surface area contributed by atoms with Crippen LogP contribution in [0.3, 0.4) is 0 Å². The van der Waals surface area contributed by atoms with Crippen molar-refractivity contribution >= 4 is 5.91 Å². The Morgan fingerprint density at radius 1 is 0.403 bits per heavy atom. The molecular weight excluding hydrogens is 763 g/mol. The van der Waals surface area contributed by atoms with Gasteiger partial charge in [-0.05, 0) is 70.6 Å². The number of hydrogen-bond acceptors (Lipinski definition) is 4. The molecule has 0 aromatic carbocycles. The van der Waals surface area contributed by atoms with Gasteiger partial charge < -0.3 is 20.6 Å². The molecule has 3 unspecified atom stereocenters. The SMILES string of the molecule is CCCCCCCCCCCCCC/C=C\CCCCCCCCCCCC(O)CC(=O)NC(CO)C(O)/C=C/CC/C=C/CC/C=C/CCCCCCCCCCCCCC. The lowest BCUT2D eigenvalue weighted by molar-refractivity contribution is -0.124. The number of unbranched alkanes of at least 4 members (excludes halogenated alkanes) is 35. The van der Waals surface area contributed by atoms with Gasteiger partial charge in [0, 0.05) is 0 Å². The summed E-state index contributed by atoms with van der Waals surface area (Å²) in [7, 11) is 0. The largest absolute Gasteiger partial charge is 0.394 e. The third-order valence-corrected chi connectivity index (χ3v) is 12.6. The quantitative estimate of drug-likeness (QED) is 0.0362. The summed E-state index contributed by atoms with van der Waals surface area (Å²) in [5.74, 6) is -0.329. The van der Waals surface area contributed by atoms with Crippen molar-refractivity contribution in [2.24, 2.45) is 0 Å². The van der Waals surface area contributed by atoms with Crippen molar-refractivity contribution in [3.8, 4) is 0 Å². The molecule has 1 amide bonds. The first kappa shape index (κ1) is 60.3. The third kappa shape index (κ3) is 47.8. The van der Waals surface area contributed by atoms with Crippen LogP contribution in [0.2, 0.25) is 0 Å². The van der Waals surface area contributed by atoms with Gasteiger partial charge in [-0.25, -0.2) is 0 Å². The van der Waals surface area contributed by atoms with Crippen molar-refractivity contribution in [1.29, 1.82) is 0 Å². The van der Waals surface area contributed by atoms with Crippen LogP contribution in [0.15, 0.2) is 48.6 Å². The number of rotatable bonds is 50. The second-order valence-corrected chi connectivity index (χ2v) is 18.8. The molecule has 0 saturated heterocycles. The topological polar surface area (TPSA) is 89.8 Å². The number of amides is 1. The maximum atomic E-state index is 12.5. The highest BCUT2D eigenvalue weighted by atomic mass is 16.3. The van der Waals surface area contributed by atoms with Gasteiger partial charge in [-0.2, -0.15) is 0 Å². The molecule has 0 rings (SSSR count). The third-order valence-electron chi connectivity index (χ3n) is 12.6. The van der Waals surface area contributed by atoms with Crippen LogP contribution in [0.5, 0.6) is 0 Å². The van der Waals surface area contributed by atoms with Crippen LogP contribution in [-0.4, -0.2) is 46.1 Å². The highest BCUT2D eigenvalue weighted by Gasteiger charge is 2.20. The van der Waals surface area contributed by atoms with Crippen LogP contribution in [-0.2, 0) is 4.79 Å². The van der Waals surface area contributed by atoms with Gasteiger partial charge >= 0.3 is 0 Å². The van der Waals surface area contributed by atoms with Crippen molar-refractivity contribution in [2.75, 3.05) is 6.61 Å². The maximum absolute atomic E-state index is 12.5. The van der Waals surface area contributed by atoms with Gasteiger partial charge in [0.05, 0.1) is 31.3 Å². The molecule has 0 radical (unpaired) electrons. The van der Waals surface area contributed by atoms with Crippen molar-refractivity contribution < 1.29 is 20.1 Å². The summed E-state index contributed by atoms with van der Waals surface area (Å²) >= 11 is 0. The molecule has 0 aromatic heterocycles. The van der Waals surface area contributed by atoms with Gasteiger partial charge in [-0.1, -0.05) is 255 Å². The number of aliphatic hydroxyl groups excluding tert-OH is 3. The molecular formula is C57H107NO4. The predicted molar refractivity (Wildman–Crippen MR) is 273 cm³/mol. The van der Waals surface area contributed by atoms with E-state index >= 15 is 0 Å². The number of aliphatic hydroxyl groups is 3. The minimum absolute atomic E-state index is 0.000900. The van der Waals surface area contributed by atoms with E-state index in [0.717, 1.165) is 38.5 Å². The van der Waals surface area contributed by atoms with E-state index in [-0.39, 0.29) is 18.9 Å². The van der Waals surface area contributed by atoms with Crippen LogP contribution in [0.1, 0.15) is 284 Å². The first-order chi connectivity index (χ1) is 30.5. The monoisotopic (exact) mass is 870 g/mol. The molecule has 0 aliphatic rings. The Morgan fingerprint density at radius 3 is 1.03 bits per heavy atom. The van der Waals surface area contributed by atoms with E-state index in [1.54, 1.807) is 6.08 Å². The average Bonchev–Trinajstić information content (AvgIpc) is 3.27. The first-order valence-electron chi connectivity index (χ1n) is 27.4. The van der Waals surface area contributed by atoms with E-state index in [2.05, 4.69) is 55.6 Å². The minimum atomic E-state index is -0.962. The Morgan fingerprint density at radius 2 is 0.694 bits per heavy atom. The molecule has 3 atom stereocenters. The number of allylic oxidation sites excluding steroid dienone is 7. The van der Waals surface area contributed by atoms with Crippen LogP contribution >= 0.6 is 0 Å². The zero-order valence-electron chi connectivity index (χ0n) is 41.5. The smallest absolute Gasteiger partial charge is 0.222 e. The van der Waals surface area contributed by atoms with Gasteiger partial charge in [-0.3, -0.25) is 4.79 Å². The molecule has 0 fully saturated rings. The Hall–Kier alpha value is -1.69. The van der Waals surface area contributed by atoms with Crippen LogP contribution in [0.4, 0.5) is 0 Å². The van der Waals surface area contributed by atoms with E-state index in [9.17, 15) is 20.1 Å². The van der Waals surface area contributed by atoms with Crippen molar-refractivity contribution in [1.82, 2.24) is 5.32 Å². The van der Waals surface area contributed by atoms with E-state index < -0.39 is 18.2 Å². The van der Waals surface area contributed by atoms with Crippen LogP contribution in [0.25, 0.3) is 0 Å². The fourth-order valence-electron chi connectivity index (χ4n) is 8.37. The molecule has 0 bridgehead atoms. The highest BCUT2D eigenvalue weighted by molar-refractivity contribution is 5.76. The molecule has 0 aliphatic carbocycles. The van der Waals surface area contributed by atoms with E-state index in [1.807, 2.05) is 6.08 Å². The fourth-order valence-corrected chi connectivity index (χ4v) is 8.37. The van der Waals surface area contributed by atoms with E-state index in [1.165, 1.54) is 218 Å². The van der Waals surface area contributed by atoms with Gasteiger partial charge in [0.25, 0.3) is 0 Å². The summed E-state index contributed by atoms with van der Waals surface area (Å²) in [4.78, 5) is 12.5. The minimum Gasteiger partial charge on any atom is -0.394 e. The summed E-state index contributed by atoms with van der Waals surface area (Å²) in [6.07, 6.45) is 68.6. The molecule has 0 spiro atoms. The second-order valence-electron chi connectivity index (χ2n) is 18.8. The molecule has 5 heteroatoms. The molecule has 5 nitrogen and oxygen atoms in total. The van der Waals surface area contributed by atoms with Crippen molar-refractivity contribution in [3.63, 3.8) is 0 Å². The van der Waals surface area contributed by atoms with E-state index in [0.29, 0.717) is 6.42 Å². The molecule has 0 heterocycles. The molecule has 4 N–H and O–H groups in total. The molecule has 364 valence electrons. The zero-order chi connectivity index (χ0) is 45.1. The van der Waals surface area contributed by atoms with Gasteiger partial charge in [0.2, 0.25) is 5.91 Å². The lowest BCUT2D eigenvalue weighted by Gasteiger charge is -2.21. The van der Waals surface area contributed by atoms with Crippen LogP contribution in [0, 0.1) is 0 Å². The summed E-state index contributed by atoms with van der Waals surface area (Å²) in [5, 5.41) is 33.4. The summed E-state index contributed by atoms with van der Waals surface area (Å²) < 4.78 is 0. The van der Waals surface area contributed by atoms with Crippen molar-refractivity contribution in [2.45, 2.75) is 302 Å². The van der Waals surface area contributed by atoms with Gasteiger partial charge in [0.1, 0.15) is 0 Å². The van der Waals surface area contributed by atoms with Gasteiger partial charge in [-0.15, -0.1) is 0 Å². The molecule has 0 saturated carbocycles. The van der Waals surface area contributed by atoms with Crippen molar-refractivity contribution in [3.05, 3.63) is 48.6 Å². The number of hydrogen-bond donors (Lipinski definition) is 4. The van der Waals surface area contributed by atoms with E-state index in [4.69, 9.17) is 0 Å². The lowest BCUT2D eigenvalue weighted by Crippen LogP contribution is -2.45. The first-order valence-corrected chi connectivity index (χ1v) is 27.4. The summed E-state index contributed by atoms with van der Waals surface area (Å²) in [6.45, 7) is 4.22. The second kappa shape index (κ2) is 51.9. The Balaban J connectivity index is 3.65. The summed E-state index contributed by atoms with van der Waals surface area (Å²) in [5.41, 5.74) is 0. The lowest BCUT2D eigenvalue weighted by atomic mass is 10.0. The molecule has 62 heavy (non-hydrogen) atoms. The summed E-state index contributed by atoms with van der Waals surface area (Å²) in [6, 6.07) is -0.770. The number of carbonyl (C=O) groups excluding carboxylic acids is 1. The number of nitrogens with one attached hydrogen (secondary N) is 1. The Bertz CT molecular complexity index is 1000. The van der Waals surface area contributed by atoms with Crippen LogP contribution < -0.4 is 5.32 Å².